The zero-order valence-corrected chi connectivity index (χ0v) is 11.8. The number of carbonyl (C=O) groups is 1. The average Bonchev–Trinajstić information content (AvgIpc) is 3.18. The second-order valence-electron chi connectivity index (χ2n) is 4.23. The summed E-state index contributed by atoms with van der Waals surface area (Å²) in [6.45, 7) is 0.539. The van der Waals surface area contributed by atoms with Gasteiger partial charge in [0.05, 0.1) is 7.11 Å². The quantitative estimate of drug-likeness (QED) is 0.458. The molecule has 1 heterocycles. The first-order chi connectivity index (χ1) is 9.40. The molecule has 0 N–H and O–H groups in total. The van der Waals surface area contributed by atoms with E-state index in [1.54, 1.807) is 24.3 Å². The maximum absolute atomic E-state index is 11.6. The summed E-state index contributed by atoms with van der Waals surface area (Å²) >= 11 is 0. The number of benzene rings is 1. The highest BCUT2D eigenvalue weighted by Gasteiger charge is 2.25. The Morgan fingerprint density at radius 2 is 2.15 bits per heavy atom. The fraction of sp³-hybridized carbons (Fsp3) is 0.308. The van der Waals surface area contributed by atoms with Crippen molar-refractivity contribution < 1.29 is 27.4 Å². The first-order valence-electron chi connectivity index (χ1n) is 5.78. The van der Waals surface area contributed by atoms with Crippen molar-refractivity contribution in [1.29, 1.82) is 0 Å². The van der Waals surface area contributed by atoms with Gasteiger partial charge in [0.2, 0.25) is 6.29 Å². The molecule has 2 rings (SSSR count). The fourth-order valence-electron chi connectivity index (χ4n) is 1.51. The molecule has 1 fully saturated rings. The Hall–Kier alpha value is -1.86. The van der Waals surface area contributed by atoms with Gasteiger partial charge in [0.25, 0.3) is 0 Å². The van der Waals surface area contributed by atoms with E-state index in [0.29, 0.717) is 17.9 Å². The molecule has 1 atom stereocenters. The number of ether oxygens (including phenoxy) is 3. The molecule has 0 aliphatic carbocycles. The van der Waals surface area contributed by atoms with Crippen LogP contribution in [-0.4, -0.2) is 40.6 Å². The van der Waals surface area contributed by atoms with Crippen LogP contribution in [0.1, 0.15) is 5.56 Å². The number of sulfone groups is 1. The Balaban J connectivity index is 2.32. The van der Waals surface area contributed by atoms with Crippen molar-refractivity contribution in [2.75, 3.05) is 20.0 Å². The van der Waals surface area contributed by atoms with Gasteiger partial charge in [0.15, 0.2) is 14.7 Å². The predicted molar refractivity (Wildman–Crippen MR) is 71.6 cm³/mol. The number of hydrogen-bond acceptors (Lipinski definition) is 6. The highest BCUT2D eigenvalue weighted by molar-refractivity contribution is 7.95. The Morgan fingerprint density at radius 1 is 1.45 bits per heavy atom. The summed E-state index contributed by atoms with van der Waals surface area (Å²) in [5.74, 6) is -0.358. The lowest BCUT2D eigenvalue weighted by Crippen LogP contribution is -2.13. The SMILES string of the molecule is COC(=O)/C(=C\c1cccc(OC2CO2)c1)S(C)(=O)=O. The van der Waals surface area contributed by atoms with E-state index in [9.17, 15) is 13.2 Å². The Bertz CT molecular complexity index is 643. The molecule has 0 bridgehead atoms. The first-order valence-corrected chi connectivity index (χ1v) is 7.67. The summed E-state index contributed by atoms with van der Waals surface area (Å²) < 4.78 is 38.0. The lowest BCUT2D eigenvalue weighted by molar-refractivity contribution is -0.135. The molecule has 1 unspecified atom stereocenters. The molecule has 6 nitrogen and oxygen atoms in total. The third kappa shape index (κ3) is 3.82. The van der Waals surface area contributed by atoms with Crippen LogP contribution in [0.25, 0.3) is 6.08 Å². The van der Waals surface area contributed by atoms with Crippen LogP contribution in [0.2, 0.25) is 0 Å². The number of hydrogen-bond donors (Lipinski definition) is 0. The predicted octanol–water partition coefficient (Wildman–Crippen LogP) is 0.980. The molecule has 0 spiro atoms. The summed E-state index contributed by atoms with van der Waals surface area (Å²) in [6, 6.07) is 6.70. The molecular formula is C13H14O6S. The minimum absolute atomic E-state index is 0.246. The van der Waals surface area contributed by atoms with Gasteiger partial charge in [-0.3, -0.25) is 0 Å². The van der Waals surface area contributed by atoms with Crippen molar-refractivity contribution >= 4 is 21.9 Å². The normalized spacial score (nSPS) is 18.5. The Kier molecular flexibility index (Phi) is 4.10. The standard InChI is InChI=1S/C13H14O6S/c1-17-13(14)11(20(2,15)16)7-9-4-3-5-10(6-9)19-12-8-18-12/h3-7,12H,8H2,1-2H3/b11-7+. The van der Waals surface area contributed by atoms with Crippen LogP contribution in [-0.2, 0) is 24.1 Å². The molecule has 1 aliphatic heterocycles. The van der Waals surface area contributed by atoms with Crippen molar-refractivity contribution in [2.24, 2.45) is 0 Å². The summed E-state index contributed by atoms with van der Waals surface area (Å²) in [7, 11) is -2.55. The third-order valence-electron chi connectivity index (χ3n) is 2.51. The number of esters is 1. The van der Waals surface area contributed by atoms with Crippen LogP contribution < -0.4 is 4.74 Å². The van der Waals surface area contributed by atoms with Crippen LogP contribution in [0.3, 0.4) is 0 Å². The summed E-state index contributed by atoms with van der Waals surface area (Å²) in [5.41, 5.74) is 0.522. The van der Waals surface area contributed by atoms with E-state index in [0.717, 1.165) is 13.4 Å². The molecule has 0 amide bonds. The second-order valence-corrected chi connectivity index (χ2v) is 6.21. The van der Waals surface area contributed by atoms with E-state index in [-0.39, 0.29) is 6.29 Å². The van der Waals surface area contributed by atoms with E-state index in [1.165, 1.54) is 6.08 Å². The van der Waals surface area contributed by atoms with Gasteiger partial charge in [-0.15, -0.1) is 0 Å². The second kappa shape index (κ2) is 5.64. The lowest BCUT2D eigenvalue weighted by Gasteiger charge is -2.05. The Morgan fingerprint density at radius 3 is 2.70 bits per heavy atom. The van der Waals surface area contributed by atoms with Gasteiger partial charge in [0.1, 0.15) is 12.4 Å². The maximum atomic E-state index is 11.6. The fourth-order valence-corrected chi connectivity index (χ4v) is 2.24. The highest BCUT2D eigenvalue weighted by atomic mass is 32.2. The zero-order valence-electron chi connectivity index (χ0n) is 11.0. The molecule has 1 aliphatic rings. The van der Waals surface area contributed by atoms with Crippen LogP contribution in [0.15, 0.2) is 29.2 Å². The zero-order chi connectivity index (χ0) is 14.8. The summed E-state index contributed by atoms with van der Waals surface area (Å²) in [6.07, 6.45) is 1.96. The third-order valence-corrected chi connectivity index (χ3v) is 3.60. The largest absolute Gasteiger partial charge is 0.465 e. The minimum atomic E-state index is -3.68. The number of epoxide rings is 1. The number of rotatable bonds is 5. The molecule has 0 saturated carbocycles. The van der Waals surface area contributed by atoms with Gasteiger partial charge in [-0.05, 0) is 23.8 Å². The van der Waals surface area contributed by atoms with E-state index >= 15 is 0 Å². The molecule has 1 aromatic rings. The summed E-state index contributed by atoms with van der Waals surface area (Å²) in [5, 5.41) is 0. The van der Waals surface area contributed by atoms with Crippen LogP contribution >= 0.6 is 0 Å². The molecule has 1 aromatic carbocycles. The van der Waals surface area contributed by atoms with Crippen molar-refractivity contribution in [1.82, 2.24) is 0 Å². The molecule has 0 radical (unpaired) electrons. The van der Waals surface area contributed by atoms with Gasteiger partial charge in [0, 0.05) is 6.26 Å². The van der Waals surface area contributed by atoms with Crippen molar-refractivity contribution in [2.45, 2.75) is 6.29 Å². The lowest BCUT2D eigenvalue weighted by atomic mass is 10.2. The van der Waals surface area contributed by atoms with Crippen molar-refractivity contribution in [3.05, 3.63) is 34.7 Å². The van der Waals surface area contributed by atoms with Crippen LogP contribution in [0, 0.1) is 0 Å². The molecule has 20 heavy (non-hydrogen) atoms. The van der Waals surface area contributed by atoms with Gasteiger partial charge in [-0.2, -0.15) is 0 Å². The van der Waals surface area contributed by atoms with Gasteiger partial charge in [-0.1, -0.05) is 12.1 Å². The van der Waals surface area contributed by atoms with Gasteiger partial charge < -0.3 is 14.2 Å². The molecule has 1 saturated heterocycles. The Labute approximate surface area is 116 Å². The van der Waals surface area contributed by atoms with Crippen molar-refractivity contribution in [3.8, 4) is 5.75 Å². The average molecular weight is 298 g/mol. The van der Waals surface area contributed by atoms with E-state index < -0.39 is 20.7 Å². The van der Waals surface area contributed by atoms with Crippen molar-refractivity contribution in [3.63, 3.8) is 0 Å². The topological polar surface area (TPSA) is 82.2 Å². The molecule has 108 valence electrons. The minimum Gasteiger partial charge on any atom is -0.465 e. The monoisotopic (exact) mass is 298 g/mol. The molecule has 7 heteroatoms. The van der Waals surface area contributed by atoms with E-state index in [2.05, 4.69) is 4.74 Å². The number of methoxy groups -OCH3 is 1. The summed E-state index contributed by atoms with van der Waals surface area (Å²) in [4.78, 5) is 11.1. The molecule has 0 aromatic heterocycles. The van der Waals surface area contributed by atoms with E-state index in [1.807, 2.05) is 0 Å². The van der Waals surface area contributed by atoms with Crippen LogP contribution in [0.5, 0.6) is 5.75 Å². The smallest absolute Gasteiger partial charge is 0.349 e. The van der Waals surface area contributed by atoms with Gasteiger partial charge in [-0.25, -0.2) is 13.2 Å². The first kappa shape index (κ1) is 14.5. The number of carbonyl (C=O) groups excluding carboxylic acids is 1. The maximum Gasteiger partial charge on any atom is 0.349 e. The van der Waals surface area contributed by atoms with Gasteiger partial charge >= 0.3 is 5.97 Å². The molecular weight excluding hydrogens is 284 g/mol. The van der Waals surface area contributed by atoms with Crippen LogP contribution in [0.4, 0.5) is 0 Å². The van der Waals surface area contributed by atoms with E-state index in [4.69, 9.17) is 9.47 Å². The highest BCUT2D eigenvalue weighted by Crippen LogP contribution is 2.22.